The van der Waals surface area contributed by atoms with Gasteiger partial charge in [0.25, 0.3) is 5.91 Å². The largest absolute Gasteiger partial charge is 0.391 e. The molecule has 0 spiro atoms. The molecule has 18 heavy (non-hydrogen) atoms. The van der Waals surface area contributed by atoms with E-state index in [1.807, 2.05) is 31.2 Å². The summed E-state index contributed by atoms with van der Waals surface area (Å²) in [4.78, 5) is 16.5. The van der Waals surface area contributed by atoms with E-state index in [1.165, 1.54) is 5.56 Å². The second-order valence-electron chi connectivity index (χ2n) is 4.33. The molecule has 0 aliphatic rings. The number of nitrogens with one attached hydrogen (secondary N) is 1. The van der Waals surface area contributed by atoms with E-state index in [2.05, 4.69) is 5.48 Å². The van der Waals surface area contributed by atoms with E-state index in [4.69, 9.17) is 9.94 Å². The molecule has 2 N–H and O–H groups in total. The highest BCUT2D eigenvalue weighted by molar-refractivity contribution is 5.96. The molecule has 0 saturated carbocycles. The molecule has 1 amide bonds. The molecule has 0 radical (unpaired) electrons. The molecule has 1 aromatic rings. The van der Waals surface area contributed by atoms with E-state index in [9.17, 15) is 4.79 Å². The normalized spacial score (nSPS) is 13.2. The van der Waals surface area contributed by atoms with Crippen LogP contribution in [0.5, 0.6) is 0 Å². The van der Waals surface area contributed by atoms with Gasteiger partial charge in [0.15, 0.2) is 0 Å². The molecule has 98 valence electrons. The Bertz CT molecular complexity index is 421. The van der Waals surface area contributed by atoms with Crippen LogP contribution in [0.4, 0.5) is 0 Å². The van der Waals surface area contributed by atoms with Gasteiger partial charge in [-0.25, -0.2) is 5.48 Å². The molecule has 1 rings (SSSR count). The first kappa shape index (κ1) is 14.4. The Morgan fingerprint density at radius 2 is 2.06 bits per heavy atom. The van der Waals surface area contributed by atoms with Gasteiger partial charge in [-0.15, -0.1) is 0 Å². The summed E-state index contributed by atoms with van der Waals surface area (Å²) in [5, 5.41) is 8.97. The van der Waals surface area contributed by atoms with E-state index < -0.39 is 6.10 Å². The van der Waals surface area contributed by atoms with E-state index >= 15 is 0 Å². The monoisotopic (exact) mass is 249 g/mol. The predicted molar refractivity (Wildman–Crippen MR) is 70.6 cm³/mol. The van der Waals surface area contributed by atoms with E-state index in [-0.39, 0.29) is 12.5 Å². The summed E-state index contributed by atoms with van der Waals surface area (Å²) in [7, 11) is 0. The van der Waals surface area contributed by atoms with Gasteiger partial charge in [-0.1, -0.05) is 29.8 Å². The summed E-state index contributed by atoms with van der Waals surface area (Å²) >= 11 is 0. The quantitative estimate of drug-likeness (QED) is 0.618. The number of hydroxylamine groups is 1. The molecule has 4 nitrogen and oxygen atoms in total. The van der Waals surface area contributed by atoms with Crippen molar-refractivity contribution in [1.82, 2.24) is 5.48 Å². The third-order valence-corrected chi connectivity index (χ3v) is 2.31. The van der Waals surface area contributed by atoms with Gasteiger partial charge in [0, 0.05) is 5.57 Å². The van der Waals surface area contributed by atoms with Gasteiger partial charge in [0.05, 0.1) is 6.10 Å². The molecule has 4 heteroatoms. The number of aliphatic hydroxyl groups is 1. The average molecular weight is 249 g/mol. The number of aryl methyl sites for hydroxylation is 1. The highest BCUT2D eigenvalue weighted by Crippen LogP contribution is 2.08. The Labute approximate surface area is 107 Å². The first-order valence-corrected chi connectivity index (χ1v) is 5.84. The Morgan fingerprint density at radius 3 is 2.61 bits per heavy atom. The van der Waals surface area contributed by atoms with Gasteiger partial charge >= 0.3 is 0 Å². The SMILES string of the molecule is C/C(=C\c1ccc(C)cc1)C(=O)NOCC(C)O. The lowest BCUT2D eigenvalue weighted by atomic mass is 10.1. The molecule has 0 aromatic heterocycles. The molecule has 1 aromatic carbocycles. The fourth-order valence-electron chi connectivity index (χ4n) is 1.29. The highest BCUT2D eigenvalue weighted by atomic mass is 16.7. The van der Waals surface area contributed by atoms with Crippen LogP contribution in [-0.4, -0.2) is 23.7 Å². The Hall–Kier alpha value is -1.65. The Kier molecular flexibility index (Phi) is 5.55. The lowest BCUT2D eigenvalue weighted by molar-refractivity contribution is -0.131. The number of benzene rings is 1. The highest BCUT2D eigenvalue weighted by Gasteiger charge is 2.04. The molecule has 0 saturated heterocycles. The molecule has 0 fully saturated rings. The average Bonchev–Trinajstić information content (AvgIpc) is 2.31. The van der Waals surface area contributed by atoms with Gasteiger partial charge in [-0.2, -0.15) is 0 Å². The van der Waals surface area contributed by atoms with E-state index in [0.29, 0.717) is 5.57 Å². The summed E-state index contributed by atoms with van der Waals surface area (Å²) < 4.78 is 0. The van der Waals surface area contributed by atoms with Crippen molar-refractivity contribution < 1.29 is 14.7 Å². The fraction of sp³-hybridized carbons (Fsp3) is 0.357. The first-order chi connectivity index (χ1) is 8.49. The number of aliphatic hydroxyl groups excluding tert-OH is 1. The van der Waals surface area contributed by atoms with Crippen molar-refractivity contribution in [1.29, 1.82) is 0 Å². The fourth-order valence-corrected chi connectivity index (χ4v) is 1.29. The molecule has 1 atom stereocenters. The molecule has 0 bridgehead atoms. The molecular weight excluding hydrogens is 230 g/mol. The Balaban J connectivity index is 2.54. The van der Waals surface area contributed by atoms with Crippen molar-refractivity contribution in [3.8, 4) is 0 Å². The molecular formula is C14H19NO3. The minimum atomic E-state index is -0.605. The smallest absolute Gasteiger partial charge is 0.270 e. The van der Waals surface area contributed by atoms with Gasteiger partial charge in [-0.3, -0.25) is 9.63 Å². The van der Waals surface area contributed by atoms with Crippen molar-refractivity contribution in [3.05, 3.63) is 41.0 Å². The van der Waals surface area contributed by atoms with Crippen LogP contribution in [-0.2, 0) is 9.63 Å². The minimum Gasteiger partial charge on any atom is -0.391 e. The first-order valence-electron chi connectivity index (χ1n) is 5.84. The lowest BCUT2D eigenvalue weighted by Gasteiger charge is -2.07. The third kappa shape index (κ3) is 5.12. The lowest BCUT2D eigenvalue weighted by Crippen LogP contribution is -2.27. The van der Waals surface area contributed by atoms with Gasteiger partial charge in [0.2, 0.25) is 0 Å². The van der Waals surface area contributed by atoms with Crippen molar-refractivity contribution in [2.45, 2.75) is 26.9 Å². The predicted octanol–water partition coefficient (Wildman–Crippen LogP) is 1.83. The van der Waals surface area contributed by atoms with Crippen molar-refractivity contribution in [3.63, 3.8) is 0 Å². The van der Waals surface area contributed by atoms with Crippen LogP contribution in [0.25, 0.3) is 6.08 Å². The van der Waals surface area contributed by atoms with E-state index in [1.54, 1.807) is 19.9 Å². The summed E-state index contributed by atoms with van der Waals surface area (Å²) in [5.41, 5.74) is 4.96. The van der Waals surface area contributed by atoms with Gasteiger partial charge in [0.1, 0.15) is 6.61 Å². The summed E-state index contributed by atoms with van der Waals surface area (Å²) in [5.74, 6) is -0.309. The summed E-state index contributed by atoms with van der Waals surface area (Å²) in [6.07, 6.45) is 1.17. The number of carbonyl (C=O) groups excluding carboxylic acids is 1. The minimum absolute atomic E-state index is 0.0730. The van der Waals surface area contributed by atoms with Crippen LogP contribution in [0.1, 0.15) is 25.0 Å². The zero-order chi connectivity index (χ0) is 13.5. The van der Waals surface area contributed by atoms with E-state index in [0.717, 1.165) is 5.56 Å². The molecule has 0 aliphatic carbocycles. The van der Waals surface area contributed by atoms with Gasteiger partial charge in [-0.05, 0) is 32.4 Å². The van der Waals surface area contributed by atoms with Crippen molar-refractivity contribution in [2.24, 2.45) is 0 Å². The van der Waals surface area contributed by atoms with Crippen LogP contribution < -0.4 is 5.48 Å². The van der Waals surface area contributed by atoms with Crippen molar-refractivity contribution in [2.75, 3.05) is 6.61 Å². The van der Waals surface area contributed by atoms with Crippen LogP contribution in [0.2, 0.25) is 0 Å². The zero-order valence-corrected chi connectivity index (χ0v) is 10.9. The maximum atomic E-state index is 11.6. The maximum Gasteiger partial charge on any atom is 0.270 e. The summed E-state index contributed by atoms with van der Waals surface area (Å²) in [6, 6.07) is 7.87. The van der Waals surface area contributed by atoms with Crippen LogP contribution in [0, 0.1) is 6.92 Å². The standard InChI is InChI=1S/C14H19NO3/c1-10-4-6-13(7-5-10)8-11(2)14(17)15-18-9-12(3)16/h4-8,12,16H,9H2,1-3H3,(H,15,17)/b11-8+. The topological polar surface area (TPSA) is 58.6 Å². The number of rotatable bonds is 5. The number of carbonyl (C=O) groups is 1. The third-order valence-electron chi connectivity index (χ3n) is 2.31. The van der Waals surface area contributed by atoms with Crippen LogP contribution in [0.15, 0.2) is 29.8 Å². The Morgan fingerprint density at radius 1 is 1.44 bits per heavy atom. The zero-order valence-electron chi connectivity index (χ0n) is 10.9. The number of amides is 1. The number of hydrogen-bond donors (Lipinski definition) is 2. The van der Waals surface area contributed by atoms with Crippen LogP contribution >= 0.6 is 0 Å². The summed E-state index contributed by atoms with van der Waals surface area (Å²) in [6.45, 7) is 5.38. The van der Waals surface area contributed by atoms with Crippen LogP contribution in [0.3, 0.4) is 0 Å². The second-order valence-corrected chi connectivity index (χ2v) is 4.33. The van der Waals surface area contributed by atoms with Crippen molar-refractivity contribution >= 4 is 12.0 Å². The molecule has 0 aliphatic heterocycles. The maximum absolute atomic E-state index is 11.6. The van der Waals surface area contributed by atoms with Gasteiger partial charge < -0.3 is 5.11 Å². The molecule has 0 heterocycles. The second kappa shape index (κ2) is 6.93. The number of hydrogen-bond acceptors (Lipinski definition) is 3. The molecule has 1 unspecified atom stereocenters.